The fraction of sp³-hybridized carbons (Fsp3) is 0.318. The van der Waals surface area contributed by atoms with Crippen molar-refractivity contribution < 1.29 is 19.1 Å². The lowest BCUT2D eigenvalue weighted by Crippen LogP contribution is -2.50. The molecule has 3 amide bonds. The Morgan fingerprint density at radius 2 is 1.80 bits per heavy atom. The van der Waals surface area contributed by atoms with Gasteiger partial charge in [0.05, 0.1) is 11.3 Å². The summed E-state index contributed by atoms with van der Waals surface area (Å²) in [5.74, 6) is 0.120. The molecule has 156 valence electrons. The number of piperazine rings is 1. The lowest BCUT2D eigenvalue weighted by atomic mass is 10.1. The van der Waals surface area contributed by atoms with Gasteiger partial charge in [-0.1, -0.05) is 18.2 Å². The molecule has 1 saturated heterocycles. The number of hydrogen-bond donors (Lipinski definition) is 2. The molecule has 2 aromatic carbocycles. The molecule has 4 rings (SSSR count). The molecule has 0 radical (unpaired) electrons. The fourth-order valence-electron chi connectivity index (χ4n) is 3.57. The van der Waals surface area contributed by atoms with Crippen LogP contribution in [0.1, 0.15) is 17.3 Å². The largest absolute Gasteiger partial charge is 0.484 e. The summed E-state index contributed by atoms with van der Waals surface area (Å²) in [7, 11) is 0. The van der Waals surface area contributed by atoms with Crippen LogP contribution < -0.4 is 20.3 Å². The van der Waals surface area contributed by atoms with Gasteiger partial charge < -0.3 is 25.2 Å². The second-order valence-corrected chi connectivity index (χ2v) is 7.38. The Balaban J connectivity index is 1.36. The number of carbonyl (C=O) groups is 3. The average Bonchev–Trinajstić information content (AvgIpc) is 2.88. The maximum atomic E-state index is 12.4. The summed E-state index contributed by atoms with van der Waals surface area (Å²) in [5, 5.41) is 5.47. The van der Waals surface area contributed by atoms with Crippen molar-refractivity contribution in [3.63, 3.8) is 0 Å². The summed E-state index contributed by atoms with van der Waals surface area (Å²) in [4.78, 5) is 40.8. The van der Waals surface area contributed by atoms with Crippen LogP contribution in [0.4, 0.5) is 11.4 Å². The summed E-state index contributed by atoms with van der Waals surface area (Å²) in [6, 6.07) is 14.1. The molecule has 2 aliphatic heterocycles. The Kier molecular flexibility index (Phi) is 5.56. The van der Waals surface area contributed by atoms with E-state index in [1.54, 1.807) is 24.0 Å². The Morgan fingerprint density at radius 3 is 2.53 bits per heavy atom. The van der Waals surface area contributed by atoms with E-state index in [0.29, 0.717) is 43.2 Å². The van der Waals surface area contributed by atoms with Gasteiger partial charge in [0.1, 0.15) is 11.8 Å². The fourth-order valence-corrected chi connectivity index (χ4v) is 3.57. The molecular weight excluding hydrogens is 384 g/mol. The molecule has 2 N–H and O–H groups in total. The zero-order valence-corrected chi connectivity index (χ0v) is 16.8. The lowest BCUT2D eigenvalue weighted by Gasteiger charge is -2.36. The minimum Gasteiger partial charge on any atom is -0.484 e. The maximum Gasteiger partial charge on any atom is 0.260 e. The summed E-state index contributed by atoms with van der Waals surface area (Å²) in [6.07, 6.45) is 0. The molecule has 0 spiro atoms. The molecule has 1 atom stereocenters. The van der Waals surface area contributed by atoms with Crippen LogP contribution in [0.5, 0.6) is 5.75 Å². The second-order valence-electron chi connectivity index (χ2n) is 7.38. The smallest absolute Gasteiger partial charge is 0.260 e. The molecule has 0 unspecified atom stereocenters. The van der Waals surface area contributed by atoms with Gasteiger partial charge in [-0.3, -0.25) is 14.4 Å². The van der Waals surface area contributed by atoms with Gasteiger partial charge in [-0.05, 0) is 37.3 Å². The lowest BCUT2D eigenvalue weighted by molar-refractivity contribution is -0.133. The zero-order valence-electron chi connectivity index (χ0n) is 16.8. The van der Waals surface area contributed by atoms with Crippen molar-refractivity contribution in [2.45, 2.75) is 13.0 Å². The van der Waals surface area contributed by atoms with Crippen molar-refractivity contribution in [3.8, 4) is 5.75 Å². The quantitative estimate of drug-likeness (QED) is 0.800. The highest BCUT2D eigenvalue weighted by atomic mass is 16.5. The Morgan fingerprint density at radius 1 is 1.07 bits per heavy atom. The van der Waals surface area contributed by atoms with Gasteiger partial charge in [0.15, 0.2) is 6.61 Å². The Labute approximate surface area is 174 Å². The van der Waals surface area contributed by atoms with Crippen molar-refractivity contribution in [1.29, 1.82) is 0 Å². The summed E-state index contributed by atoms with van der Waals surface area (Å²) in [5.41, 5.74) is 1.85. The van der Waals surface area contributed by atoms with Crippen LogP contribution in [-0.4, -0.2) is 61.4 Å². The van der Waals surface area contributed by atoms with E-state index in [4.69, 9.17) is 4.74 Å². The average molecular weight is 408 g/mol. The molecule has 2 heterocycles. The monoisotopic (exact) mass is 408 g/mol. The minimum absolute atomic E-state index is 0.0148. The van der Waals surface area contributed by atoms with Crippen molar-refractivity contribution >= 4 is 29.1 Å². The number of carbonyl (C=O) groups excluding carboxylic acids is 3. The van der Waals surface area contributed by atoms with Crippen molar-refractivity contribution in [2.75, 3.05) is 43.0 Å². The number of benzene rings is 2. The van der Waals surface area contributed by atoms with Crippen LogP contribution in [0.15, 0.2) is 48.5 Å². The van der Waals surface area contributed by atoms with Gasteiger partial charge in [0.25, 0.3) is 11.8 Å². The van der Waals surface area contributed by atoms with Crippen LogP contribution in [0.2, 0.25) is 0 Å². The number of anilines is 2. The molecule has 30 heavy (non-hydrogen) atoms. The van der Waals surface area contributed by atoms with E-state index in [1.165, 1.54) is 0 Å². The number of rotatable bonds is 4. The summed E-state index contributed by atoms with van der Waals surface area (Å²) >= 11 is 0. The minimum atomic E-state index is -0.582. The third kappa shape index (κ3) is 4.22. The standard InChI is InChI=1S/C22H24N4O4/c1-15-21(28)24-19-8-7-16(13-18(19)22(29)23-15)25-9-11-26(12-10-25)20(27)14-30-17-5-3-2-4-6-17/h2-8,13,15H,9-12,14H2,1H3,(H,23,29)(H,24,28)/t15-/m0/s1. The first-order valence-corrected chi connectivity index (χ1v) is 9.97. The zero-order chi connectivity index (χ0) is 21.1. The number of ether oxygens (including phenoxy) is 1. The molecule has 1 fully saturated rings. The predicted molar refractivity (Wildman–Crippen MR) is 113 cm³/mol. The van der Waals surface area contributed by atoms with E-state index in [1.807, 2.05) is 36.4 Å². The molecule has 0 bridgehead atoms. The van der Waals surface area contributed by atoms with E-state index in [2.05, 4.69) is 15.5 Å². The number of amides is 3. The van der Waals surface area contributed by atoms with Gasteiger partial charge in [-0.2, -0.15) is 0 Å². The van der Waals surface area contributed by atoms with E-state index in [-0.39, 0.29) is 24.3 Å². The van der Waals surface area contributed by atoms with E-state index in [9.17, 15) is 14.4 Å². The number of nitrogens with one attached hydrogen (secondary N) is 2. The molecule has 2 aromatic rings. The molecule has 8 nitrogen and oxygen atoms in total. The highest BCUT2D eigenvalue weighted by Crippen LogP contribution is 2.26. The highest BCUT2D eigenvalue weighted by molar-refractivity contribution is 6.10. The second kappa shape index (κ2) is 8.44. The van der Waals surface area contributed by atoms with E-state index < -0.39 is 6.04 Å². The molecule has 2 aliphatic rings. The van der Waals surface area contributed by atoms with Gasteiger partial charge in [0, 0.05) is 31.9 Å². The number of fused-ring (bicyclic) bond motifs is 1. The SMILES string of the molecule is C[C@@H]1NC(=O)c2cc(N3CCN(C(=O)COc4ccccc4)CC3)ccc2NC1=O. The summed E-state index contributed by atoms with van der Waals surface area (Å²) in [6.45, 7) is 4.13. The first-order chi connectivity index (χ1) is 14.5. The van der Waals surface area contributed by atoms with Gasteiger partial charge in [-0.25, -0.2) is 0 Å². The van der Waals surface area contributed by atoms with Crippen molar-refractivity contribution in [1.82, 2.24) is 10.2 Å². The molecular formula is C22H24N4O4. The van der Waals surface area contributed by atoms with E-state index in [0.717, 1.165) is 5.69 Å². The topological polar surface area (TPSA) is 91.0 Å². The van der Waals surface area contributed by atoms with Crippen molar-refractivity contribution in [3.05, 3.63) is 54.1 Å². The third-order valence-electron chi connectivity index (χ3n) is 5.35. The molecule has 0 aromatic heterocycles. The highest BCUT2D eigenvalue weighted by Gasteiger charge is 2.26. The normalized spacial score (nSPS) is 18.8. The van der Waals surface area contributed by atoms with Crippen LogP contribution in [0, 0.1) is 0 Å². The third-order valence-corrected chi connectivity index (χ3v) is 5.35. The predicted octanol–water partition coefficient (Wildman–Crippen LogP) is 1.48. The van der Waals surface area contributed by atoms with Gasteiger partial charge in [0.2, 0.25) is 5.91 Å². The maximum absolute atomic E-state index is 12.4. The van der Waals surface area contributed by atoms with Crippen LogP contribution in [-0.2, 0) is 9.59 Å². The molecule has 0 saturated carbocycles. The Hall–Kier alpha value is -3.55. The summed E-state index contributed by atoms with van der Waals surface area (Å²) < 4.78 is 5.55. The molecule has 8 heteroatoms. The Bertz CT molecular complexity index is 955. The first-order valence-electron chi connectivity index (χ1n) is 9.97. The van der Waals surface area contributed by atoms with Crippen molar-refractivity contribution in [2.24, 2.45) is 0 Å². The van der Waals surface area contributed by atoms with Crippen LogP contribution >= 0.6 is 0 Å². The number of hydrogen-bond acceptors (Lipinski definition) is 5. The first kappa shape index (κ1) is 19.8. The molecule has 0 aliphatic carbocycles. The number of para-hydroxylation sites is 1. The van der Waals surface area contributed by atoms with Gasteiger partial charge >= 0.3 is 0 Å². The number of nitrogens with zero attached hydrogens (tertiary/aromatic N) is 2. The van der Waals surface area contributed by atoms with E-state index >= 15 is 0 Å². The van der Waals surface area contributed by atoms with Crippen LogP contribution in [0.25, 0.3) is 0 Å². The van der Waals surface area contributed by atoms with Gasteiger partial charge in [-0.15, -0.1) is 0 Å². The van der Waals surface area contributed by atoms with Crippen LogP contribution in [0.3, 0.4) is 0 Å².